The standard InChI is InChI=1S/C15H20FNO3S/c1-15(2)13(8-14(15)18)17-11-5-6-21(19,20)12-4-3-9(16)7-10(11)12/h3-4,7,11,13-14,17-18H,5-6,8H2,1-2H3. The molecule has 0 aromatic heterocycles. The molecule has 3 unspecified atom stereocenters. The van der Waals surface area contributed by atoms with Crippen LogP contribution < -0.4 is 5.32 Å². The van der Waals surface area contributed by atoms with Crippen LogP contribution in [0.5, 0.6) is 0 Å². The third kappa shape index (κ3) is 2.39. The van der Waals surface area contributed by atoms with E-state index in [1.54, 1.807) is 0 Å². The van der Waals surface area contributed by atoms with Gasteiger partial charge in [0.15, 0.2) is 9.84 Å². The fraction of sp³-hybridized carbons (Fsp3) is 0.600. The Hall–Kier alpha value is -0.980. The molecule has 3 atom stereocenters. The van der Waals surface area contributed by atoms with E-state index in [-0.39, 0.29) is 34.3 Å². The van der Waals surface area contributed by atoms with Crippen molar-refractivity contribution in [2.24, 2.45) is 5.41 Å². The second-order valence-electron chi connectivity index (χ2n) is 6.63. The number of aliphatic hydroxyl groups is 1. The lowest BCUT2D eigenvalue weighted by Crippen LogP contribution is -2.60. The van der Waals surface area contributed by atoms with Gasteiger partial charge in [-0.25, -0.2) is 12.8 Å². The summed E-state index contributed by atoms with van der Waals surface area (Å²) in [5.74, 6) is -0.357. The SMILES string of the molecule is CC1(C)C(O)CC1NC1CCS(=O)(=O)c2ccc(F)cc21. The Morgan fingerprint density at radius 1 is 1.38 bits per heavy atom. The van der Waals surface area contributed by atoms with E-state index in [0.29, 0.717) is 18.4 Å². The summed E-state index contributed by atoms with van der Waals surface area (Å²) in [5, 5.41) is 13.2. The van der Waals surface area contributed by atoms with E-state index in [0.717, 1.165) is 0 Å². The minimum atomic E-state index is -3.31. The monoisotopic (exact) mass is 313 g/mol. The van der Waals surface area contributed by atoms with Gasteiger partial charge in [0.25, 0.3) is 0 Å². The molecule has 2 N–H and O–H groups in total. The van der Waals surface area contributed by atoms with Crippen molar-refractivity contribution >= 4 is 9.84 Å². The molecule has 2 aliphatic rings. The molecule has 1 aliphatic carbocycles. The van der Waals surface area contributed by atoms with Crippen molar-refractivity contribution < 1.29 is 17.9 Å². The zero-order valence-electron chi connectivity index (χ0n) is 12.1. The van der Waals surface area contributed by atoms with Crippen LogP contribution in [0.25, 0.3) is 0 Å². The summed E-state index contributed by atoms with van der Waals surface area (Å²) in [7, 11) is -3.31. The van der Waals surface area contributed by atoms with Gasteiger partial charge >= 0.3 is 0 Å². The van der Waals surface area contributed by atoms with Gasteiger partial charge in [0.1, 0.15) is 5.82 Å². The molecule has 116 valence electrons. The van der Waals surface area contributed by atoms with Crippen molar-refractivity contribution in [3.63, 3.8) is 0 Å². The first-order valence-corrected chi connectivity index (χ1v) is 8.83. The maximum Gasteiger partial charge on any atom is 0.178 e. The number of hydrogen-bond donors (Lipinski definition) is 2. The van der Waals surface area contributed by atoms with E-state index in [9.17, 15) is 17.9 Å². The second kappa shape index (κ2) is 4.76. The summed E-state index contributed by atoms with van der Waals surface area (Å²) in [6.07, 6.45) is 0.719. The maximum absolute atomic E-state index is 13.5. The predicted octanol–water partition coefficient (Wildman–Crippen LogP) is 1.79. The molecular formula is C15H20FNO3S. The van der Waals surface area contributed by atoms with Crippen LogP contribution in [0.1, 0.15) is 38.3 Å². The van der Waals surface area contributed by atoms with Crippen LogP contribution in [0.4, 0.5) is 4.39 Å². The van der Waals surface area contributed by atoms with Crippen LogP contribution in [0.2, 0.25) is 0 Å². The van der Waals surface area contributed by atoms with Crippen molar-refractivity contribution in [2.45, 2.75) is 49.8 Å². The molecule has 0 spiro atoms. The molecule has 0 amide bonds. The average Bonchev–Trinajstić information content (AvgIpc) is 2.40. The van der Waals surface area contributed by atoms with Gasteiger partial charge in [-0.05, 0) is 36.6 Å². The number of fused-ring (bicyclic) bond motifs is 1. The molecule has 6 heteroatoms. The number of sulfone groups is 1. The number of halogens is 1. The fourth-order valence-corrected chi connectivity index (χ4v) is 4.82. The minimum Gasteiger partial charge on any atom is -0.392 e. The van der Waals surface area contributed by atoms with Gasteiger partial charge in [0, 0.05) is 17.5 Å². The molecule has 1 aromatic carbocycles. The fourth-order valence-electron chi connectivity index (χ4n) is 3.21. The highest BCUT2D eigenvalue weighted by atomic mass is 32.2. The van der Waals surface area contributed by atoms with E-state index in [4.69, 9.17) is 0 Å². The summed E-state index contributed by atoms with van der Waals surface area (Å²) in [6, 6.07) is 3.78. The number of hydrogen-bond acceptors (Lipinski definition) is 4. The Balaban J connectivity index is 1.91. The quantitative estimate of drug-likeness (QED) is 0.817. The molecule has 1 aliphatic heterocycles. The topological polar surface area (TPSA) is 66.4 Å². The van der Waals surface area contributed by atoms with Crippen molar-refractivity contribution in [1.82, 2.24) is 5.32 Å². The van der Waals surface area contributed by atoms with Gasteiger partial charge in [-0.2, -0.15) is 0 Å². The summed E-state index contributed by atoms with van der Waals surface area (Å²) in [6.45, 7) is 3.95. The molecule has 0 radical (unpaired) electrons. The number of aliphatic hydroxyl groups excluding tert-OH is 1. The van der Waals surface area contributed by atoms with E-state index in [2.05, 4.69) is 5.32 Å². The Morgan fingerprint density at radius 2 is 2.10 bits per heavy atom. The summed E-state index contributed by atoms with van der Waals surface area (Å²) >= 11 is 0. The molecule has 3 rings (SSSR count). The first-order chi connectivity index (χ1) is 9.72. The summed E-state index contributed by atoms with van der Waals surface area (Å²) in [5.41, 5.74) is 0.266. The highest BCUT2D eigenvalue weighted by Gasteiger charge is 2.48. The zero-order chi connectivity index (χ0) is 15.4. The number of nitrogens with one attached hydrogen (secondary N) is 1. The summed E-state index contributed by atoms with van der Waals surface area (Å²) in [4.78, 5) is 0.227. The van der Waals surface area contributed by atoms with Crippen molar-refractivity contribution in [2.75, 3.05) is 5.75 Å². The first-order valence-electron chi connectivity index (χ1n) is 7.18. The maximum atomic E-state index is 13.5. The van der Waals surface area contributed by atoms with Crippen molar-refractivity contribution in [1.29, 1.82) is 0 Å². The minimum absolute atomic E-state index is 0.0685. The normalized spacial score (nSPS) is 33.0. The lowest BCUT2D eigenvalue weighted by Gasteiger charge is -2.51. The van der Waals surface area contributed by atoms with E-state index in [1.165, 1.54) is 18.2 Å². The van der Waals surface area contributed by atoms with Gasteiger partial charge in [-0.15, -0.1) is 0 Å². The third-order valence-corrected chi connectivity index (χ3v) is 6.79. The number of rotatable bonds is 2. The molecule has 1 fully saturated rings. The molecule has 0 saturated heterocycles. The first kappa shape index (κ1) is 14.9. The summed E-state index contributed by atoms with van der Waals surface area (Å²) < 4.78 is 37.7. The van der Waals surface area contributed by atoms with Gasteiger partial charge < -0.3 is 10.4 Å². The second-order valence-corrected chi connectivity index (χ2v) is 8.71. The van der Waals surface area contributed by atoms with Crippen LogP contribution in [0.15, 0.2) is 23.1 Å². The zero-order valence-corrected chi connectivity index (χ0v) is 13.0. The Kier molecular flexibility index (Phi) is 3.39. The third-order valence-electron chi connectivity index (χ3n) is 4.98. The molecule has 1 heterocycles. The van der Waals surface area contributed by atoms with E-state index in [1.807, 2.05) is 13.8 Å². The molecular weight excluding hydrogens is 293 g/mol. The van der Waals surface area contributed by atoms with E-state index < -0.39 is 15.7 Å². The van der Waals surface area contributed by atoms with Gasteiger partial charge in [0.05, 0.1) is 16.8 Å². The highest BCUT2D eigenvalue weighted by molar-refractivity contribution is 7.91. The Morgan fingerprint density at radius 3 is 2.71 bits per heavy atom. The molecule has 21 heavy (non-hydrogen) atoms. The largest absolute Gasteiger partial charge is 0.392 e. The molecule has 0 bridgehead atoms. The van der Waals surface area contributed by atoms with Crippen molar-refractivity contribution in [3.05, 3.63) is 29.6 Å². The smallest absolute Gasteiger partial charge is 0.178 e. The highest BCUT2D eigenvalue weighted by Crippen LogP contribution is 2.43. The van der Waals surface area contributed by atoms with Crippen LogP contribution in [0.3, 0.4) is 0 Å². The Bertz CT molecular complexity index is 671. The van der Waals surface area contributed by atoms with Crippen LogP contribution in [-0.4, -0.2) is 31.4 Å². The number of benzene rings is 1. The van der Waals surface area contributed by atoms with Gasteiger partial charge in [-0.3, -0.25) is 0 Å². The van der Waals surface area contributed by atoms with Gasteiger partial charge in [0.2, 0.25) is 0 Å². The van der Waals surface area contributed by atoms with Crippen LogP contribution >= 0.6 is 0 Å². The van der Waals surface area contributed by atoms with Crippen LogP contribution in [-0.2, 0) is 9.84 Å². The molecule has 1 aromatic rings. The Labute approximate surface area is 124 Å². The van der Waals surface area contributed by atoms with E-state index >= 15 is 0 Å². The van der Waals surface area contributed by atoms with Crippen LogP contribution in [0, 0.1) is 11.2 Å². The lowest BCUT2D eigenvalue weighted by atomic mass is 9.64. The molecule has 4 nitrogen and oxygen atoms in total. The van der Waals surface area contributed by atoms with Gasteiger partial charge in [-0.1, -0.05) is 13.8 Å². The molecule has 1 saturated carbocycles. The average molecular weight is 313 g/mol. The van der Waals surface area contributed by atoms with Crippen molar-refractivity contribution in [3.8, 4) is 0 Å². The lowest BCUT2D eigenvalue weighted by molar-refractivity contribution is -0.0763. The predicted molar refractivity (Wildman–Crippen MR) is 77.1 cm³/mol.